The summed E-state index contributed by atoms with van der Waals surface area (Å²) in [5.41, 5.74) is 2.92. The van der Waals surface area contributed by atoms with Gasteiger partial charge >= 0.3 is 5.97 Å². The molecule has 0 spiro atoms. The zero-order chi connectivity index (χ0) is 19.6. The highest BCUT2D eigenvalue weighted by molar-refractivity contribution is 9.10. The van der Waals surface area contributed by atoms with Crippen molar-refractivity contribution in [3.05, 3.63) is 62.7 Å². The topological polar surface area (TPSA) is 71.5 Å². The molecule has 0 fully saturated rings. The normalized spacial score (nSPS) is 10.8. The molecule has 0 amide bonds. The molecule has 27 heavy (non-hydrogen) atoms. The van der Waals surface area contributed by atoms with Crippen molar-refractivity contribution in [1.29, 1.82) is 0 Å². The Bertz CT molecular complexity index is 1030. The molecular formula is C19H15BrCl2N2O3. The number of aromatic nitrogens is 1. The van der Waals surface area contributed by atoms with Gasteiger partial charge in [0.2, 0.25) is 0 Å². The zero-order valence-electron chi connectivity index (χ0n) is 14.2. The molecule has 2 N–H and O–H groups in total. The fourth-order valence-corrected chi connectivity index (χ4v) is 3.79. The van der Waals surface area contributed by atoms with Crippen molar-refractivity contribution in [2.24, 2.45) is 0 Å². The number of halogens is 3. The average molecular weight is 470 g/mol. The van der Waals surface area contributed by atoms with Crippen LogP contribution in [0.1, 0.15) is 21.5 Å². The fourth-order valence-electron chi connectivity index (χ4n) is 2.80. The third-order valence-corrected chi connectivity index (χ3v) is 5.12. The van der Waals surface area contributed by atoms with E-state index in [9.17, 15) is 9.90 Å². The Morgan fingerprint density at radius 3 is 2.74 bits per heavy atom. The molecule has 0 aliphatic carbocycles. The summed E-state index contributed by atoms with van der Waals surface area (Å²) < 4.78 is 5.95. The predicted molar refractivity (Wildman–Crippen MR) is 111 cm³/mol. The number of carboxylic acids is 1. The Morgan fingerprint density at radius 2 is 2.11 bits per heavy atom. The molecule has 0 saturated heterocycles. The number of alkyl halides is 1. The Hall–Kier alpha value is -2.02. The molecule has 0 aliphatic rings. The molecule has 0 saturated carbocycles. The second-order valence-corrected chi connectivity index (χ2v) is 7.36. The zero-order valence-corrected chi connectivity index (χ0v) is 17.3. The van der Waals surface area contributed by atoms with Crippen LogP contribution < -0.4 is 10.1 Å². The van der Waals surface area contributed by atoms with Crippen molar-refractivity contribution < 1.29 is 14.6 Å². The van der Waals surface area contributed by atoms with E-state index in [4.69, 9.17) is 27.9 Å². The van der Waals surface area contributed by atoms with Crippen LogP contribution in [0.4, 0.5) is 5.69 Å². The van der Waals surface area contributed by atoms with E-state index in [1.165, 1.54) is 6.20 Å². The summed E-state index contributed by atoms with van der Waals surface area (Å²) in [6.45, 7) is 0.381. The van der Waals surface area contributed by atoms with E-state index >= 15 is 0 Å². The molecule has 1 aromatic heterocycles. The van der Waals surface area contributed by atoms with Crippen LogP contribution in [-0.4, -0.2) is 23.2 Å². The van der Waals surface area contributed by atoms with E-state index < -0.39 is 5.97 Å². The van der Waals surface area contributed by atoms with Crippen molar-refractivity contribution >= 4 is 61.7 Å². The minimum absolute atomic E-state index is 0.0840. The van der Waals surface area contributed by atoms with Gasteiger partial charge in [-0.1, -0.05) is 33.6 Å². The number of benzene rings is 2. The van der Waals surface area contributed by atoms with Gasteiger partial charge in [-0.25, -0.2) is 4.79 Å². The van der Waals surface area contributed by atoms with Crippen LogP contribution in [0.25, 0.3) is 10.9 Å². The molecule has 5 nitrogen and oxygen atoms in total. The van der Waals surface area contributed by atoms with Gasteiger partial charge < -0.3 is 15.2 Å². The van der Waals surface area contributed by atoms with Crippen LogP contribution in [0, 0.1) is 0 Å². The van der Waals surface area contributed by atoms with Gasteiger partial charge in [-0.15, -0.1) is 11.6 Å². The summed E-state index contributed by atoms with van der Waals surface area (Å²) in [5.74, 6) is -0.216. The van der Waals surface area contributed by atoms with Crippen LogP contribution in [0.3, 0.4) is 0 Å². The second-order valence-electron chi connectivity index (χ2n) is 5.77. The minimum atomic E-state index is -1.06. The fraction of sp³-hybridized carbons (Fsp3) is 0.158. The number of anilines is 1. The first-order valence-corrected chi connectivity index (χ1v) is 9.61. The van der Waals surface area contributed by atoms with E-state index in [0.29, 0.717) is 33.9 Å². The van der Waals surface area contributed by atoms with Crippen molar-refractivity contribution in [2.45, 2.75) is 12.4 Å². The van der Waals surface area contributed by atoms with Crippen molar-refractivity contribution in [3.63, 3.8) is 0 Å². The number of nitrogens with one attached hydrogen (secondary N) is 1. The van der Waals surface area contributed by atoms with E-state index in [-0.39, 0.29) is 11.4 Å². The maximum Gasteiger partial charge on any atom is 0.339 e. The molecule has 2 aromatic carbocycles. The molecular weight excluding hydrogens is 455 g/mol. The predicted octanol–water partition coefficient (Wildman–Crippen LogP) is 5.71. The lowest BCUT2D eigenvalue weighted by Gasteiger charge is -2.15. The Balaban J connectivity index is 2.06. The van der Waals surface area contributed by atoms with E-state index in [1.54, 1.807) is 19.2 Å². The Morgan fingerprint density at radius 1 is 1.33 bits per heavy atom. The van der Waals surface area contributed by atoms with Crippen LogP contribution in [0.5, 0.6) is 5.75 Å². The molecule has 3 rings (SSSR count). The number of rotatable bonds is 6. The third kappa shape index (κ3) is 4.13. The lowest BCUT2D eigenvalue weighted by atomic mass is 10.1. The number of nitrogens with zero attached hydrogens (tertiary/aromatic N) is 1. The highest BCUT2D eigenvalue weighted by atomic mass is 79.9. The number of methoxy groups -OCH3 is 1. The van der Waals surface area contributed by atoms with Crippen LogP contribution in [-0.2, 0) is 12.4 Å². The van der Waals surface area contributed by atoms with Crippen molar-refractivity contribution in [2.75, 3.05) is 12.4 Å². The first-order valence-electron chi connectivity index (χ1n) is 7.91. The highest BCUT2D eigenvalue weighted by Crippen LogP contribution is 2.33. The molecule has 140 valence electrons. The molecule has 1 heterocycles. The number of aromatic carboxylic acids is 1. The molecule has 0 bridgehead atoms. The largest absolute Gasteiger partial charge is 0.495 e. The van der Waals surface area contributed by atoms with Gasteiger partial charge in [0.05, 0.1) is 23.3 Å². The maximum absolute atomic E-state index is 11.7. The summed E-state index contributed by atoms with van der Waals surface area (Å²) in [4.78, 5) is 16.0. The molecule has 0 unspecified atom stereocenters. The van der Waals surface area contributed by atoms with E-state index in [0.717, 1.165) is 15.6 Å². The van der Waals surface area contributed by atoms with Gasteiger partial charge in [-0.05, 0) is 35.4 Å². The quantitative estimate of drug-likeness (QED) is 0.452. The van der Waals surface area contributed by atoms with Gasteiger partial charge in [0.15, 0.2) is 0 Å². The average Bonchev–Trinajstić information content (AvgIpc) is 2.65. The summed E-state index contributed by atoms with van der Waals surface area (Å²) in [5, 5.41) is 14.0. The third-order valence-electron chi connectivity index (χ3n) is 4.07. The molecule has 0 aliphatic heterocycles. The number of hydrogen-bond donors (Lipinski definition) is 2. The number of ether oxygens (including phenoxy) is 1. The van der Waals surface area contributed by atoms with Crippen LogP contribution >= 0.6 is 39.1 Å². The summed E-state index contributed by atoms with van der Waals surface area (Å²) in [6.07, 6.45) is 1.35. The first-order chi connectivity index (χ1) is 12.9. The number of hydrogen-bond acceptors (Lipinski definition) is 4. The lowest BCUT2D eigenvalue weighted by molar-refractivity contribution is 0.0697. The van der Waals surface area contributed by atoms with Crippen LogP contribution in [0.15, 0.2) is 41.0 Å². The lowest BCUT2D eigenvalue weighted by Crippen LogP contribution is -2.08. The Kier molecular flexibility index (Phi) is 6.09. The molecule has 0 radical (unpaired) electrons. The maximum atomic E-state index is 11.7. The smallest absolute Gasteiger partial charge is 0.339 e. The second kappa shape index (κ2) is 8.33. The van der Waals surface area contributed by atoms with Gasteiger partial charge in [0.1, 0.15) is 11.3 Å². The number of pyridine rings is 1. The van der Waals surface area contributed by atoms with E-state index in [1.807, 2.05) is 18.2 Å². The van der Waals surface area contributed by atoms with Gasteiger partial charge in [-0.2, -0.15) is 0 Å². The Labute approximate surface area is 174 Å². The van der Waals surface area contributed by atoms with Crippen LogP contribution in [0.2, 0.25) is 5.02 Å². The van der Waals surface area contributed by atoms with Crippen molar-refractivity contribution in [1.82, 2.24) is 4.98 Å². The monoisotopic (exact) mass is 468 g/mol. The first kappa shape index (κ1) is 19.7. The molecule has 3 aromatic rings. The molecule has 8 heteroatoms. The van der Waals surface area contributed by atoms with E-state index in [2.05, 4.69) is 26.2 Å². The van der Waals surface area contributed by atoms with Gasteiger partial charge in [0.25, 0.3) is 0 Å². The number of carboxylic acid groups (broad SMARTS) is 1. The SMILES string of the molecule is COc1ccc(CNc2c(C(=O)O)cnc3c(CCl)cc(Br)cc23)cc1Cl. The highest BCUT2D eigenvalue weighted by Gasteiger charge is 2.17. The minimum Gasteiger partial charge on any atom is -0.495 e. The standard InChI is InChI=1S/C19H15BrCl2N2O3/c1-27-16-3-2-10(4-15(16)22)8-23-18-13-6-12(20)5-11(7-21)17(13)24-9-14(18)19(25)26/h2-6,9H,7-8H2,1H3,(H,23,24)(H,25,26). The summed E-state index contributed by atoms with van der Waals surface area (Å²) in [6, 6.07) is 9.10. The molecule has 0 atom stereocenters. The van der Waals surface area contributed by atoms with Crippen molar-refractivity contribution in [3.8, 4) is 5.75 Å². The van der Waals surface area contributed by atoms with Gasteiger partial charge in [0, 0.05) is 28.5 Å². The summed E-state index contributed by atoms with van der Waals surface area (Å²) in [7, 11) is 1.55. The number of carbonyl (C=O) groups is 1. The number of fused-ring (bicyclic) bond motifs is 1. The summed E-state index contributed by atoms with van der Waals surface area (Å²) >= 11 is 15.6. The van der Waals surface area contributed by atoms with Gasteiger partial charge in [-0.3, -0.25) is 4.98 Å².